The molecule has 1 N–H and O–H groups in total. The number of halogens is 3. The van der Waals surface area contributed by atoms with E-state index >= 15 is 0 Å². The lowest BCUT2D eigenvalue weighted by atomic mass is 10.1. The van der Waals surface area contributed by atoms with E-state index in [1.165, 1.54) is 0 Å². The summed E-state index contributed by atoms with van der Waals surface area (Å²) in [5, 5.41) is 11.6. The molecule has 1 fully saturated rings. The molecule has 5 nitrogen and oxygen atoms in total. The molecule has 0 aliphatic carbocycles. The Morgan fingerprint density at radius 3 is 2.78 bits per heavy atom. The molecule has 3 rings (SSSR count). The zero-order chi connectivity index (χ0) is 16.4. The molecule has 0 aromatic carbocycles. The Morgan fingerprint density at radius 1 is 1.30 bits per heavy atom. The monoisotopic (exact) mass is 343 g/mol. The van der Waals surface area contributed by atoms with Crippen molar-refractivity contribution in [3.63, 3.8) is 0 Å². The molecule has 3 heterocycles. The van der Waals surface area contributed by atoms with Crippen LogP contribution in [0, 0.1) is 6.92 Å². The molecular weight excluding hydrogens is 327 g/mol. The average Bonchev–Trinajstić information content (AvgIpc) is 2.97. The largest absolute Gasteiger partial charge is 0.427 e. The van der Waals surface area contributed by atoms with Crippen LogP contribution < -0.4 is 10.2 Å². The molecule has 124 valence electrons. The van der Waals surface area contributed by atoms with Crippen LogP contribution in [0.3, 0.4) is 0 Å². The molecule has 0 radical (unpaired) electrons. The van der Waals surface area contributed by atoms with Crippen molar-refractivity contribution in [1.29, 1.82) is 0 Å². The topological polar surface area (TPSA) is 53.9 Å². The molecule has 9 heteroatoms. The van der Waals surface area contributed by atoms with Crippen LogP contribution in [0.2, 0.25) is 0 Å². The number of nitrogens with one attached hydrogen (secondary N) is 1. The first-order valence-corrected chi connectivity index (χ1v) is 8.08. The van der Waals surface area contributed by atoms with Gasteiger partial charge < -0.3 is 10.2 Å². The number of hydrogen-bond donors (Lipinski definition) is 1. The smallest absolute Gasteiger partial charge is 0.357 e. The van der Waals surface area contributed by atoms with Gasteiger partial charge in [0.25, 0.3) is 0 Å². The van der Waals surface area contributed by atoms with Crippen molar-refractivity contribution < 1.29 is 13.2 Å². The zero-order valence-electron chi connectivity index (χ0n) is 12.5. The lowest BCUT2D eigenvalue weighted by Gasteiger charge is -2.33. The third-order valence-corrected chi connectivity index (χ3v) is 4.62. The fraction of sp³-hybridized carbons (Fsp3) is 0.500. The van der Waals surface area contributed by atoms with Crippen molar-refractivity contribution in [3.8, 4) is 0 Å². The Bertz CT molecular complexity index is 655. The van der Waals surface area contributed by atoms with Gasteiger partial charge in [-0.3, -0.25) is 0 Å². The molecule has 1 atom stereocenters. The van der Waals surface area contributed by atoms with Gasteiger partial charge in [0.05, 0.1) is 11.9 Å². The maximum Gasteiger partial charge on any atom is 0.427 e. The number of hydrogen-bond acceptors (Lipinski definition) is 6. The Labute approximate surface area is 135 Å². The highest BCUT2D eigenvalue weighted by atomic mass is 32.1. The summed E-state index contributed by atoms with van der Waals surface area (Å²) in [5.41, 5.74) is 0.850. The summed E-state index contributed by atoms with van der Waals surface area (Å²) < 4.78 is 37.8. The number of aromatic nitrogens is 3. The number of anilines is 2. The second kappa shape index (κ2) is 6.31. The van der Waals surface area contributed by atoms with Crippen molar-refractivity contribution >= 4 is 22.3 Å². The third kappa shape index (κ3) is 3.90. The SMILES string of the molecule is Cc1ccc(N2CCCC(Nc3ncc(C(F)(F)F)s3)C2)nn1. The van der Waals surface area contributed by atoms with E-state index in [9.17, 15) is 13.2 Å². The third-order valence-electron chi connectivity index (χ3n) is 3.64. The number of alkyl halides is 3. The highest BCUT2D eigenvalue weighted by Crippen LogP contribution is 2.35. The van der Waals surface area contributed by atoms with Gasteiger partial charge >= 0.3 is 6.18 Å². The predicted octanol–water partition coefficient (Wildman–Crippen LogP) is 3.34. The molecule has 1 aliphatic heterocycles. The van der Waals surface area contributed by atoms with E-state index in [0.29, 0.717) is 23.0 Å². The van der Waals surface area contributed by atoms with E-state index in [-0.39, 0.29) is 6.04 Å². The van der Waals surface area contributed by atoms with E-state index in [1.54, 1.807) is 0 Å². The minimum atomic E-state index is -4.34. The van der Waals surface area contributed by atoms with E-state index in [1.807, 2.05) is 19.1 Å². The van der Waals surface area contributed by atoms with E-state index in [0.717, 1.165) is 37.1 Å². The van der Waals surface area contributed by atoms with Gasteiger partial charge in [-0.2, -0.15) is 18.3 Å². The molecule has 0 amide bonds. The maximum absolute atomic E-state index is 12.6. The number of aryl methyl sites for hydroxylation is 1. The van der Waals surface area contributed by atoms with Crippen LogP contribution in [0.15, 0.2) is 18.3 Å². The first kappa shape index (κ1) is 16.0. The van der Waals surface area contributed by atoms with Gasteiger partial charge in [0.15, 0.2) is 10.9 Å². The number of thiazole rings is 1. The molecule has 1 aliphatic rings. The van der Waals surface area contributed by atoms with Gasteiger partial charge in [-0.1, -0.05) is 11.3 Å². The van der Waals surface area contributed by atoms with Crippen LogP contribution in [0.5, 0.6) is 0 Å². The summed E-state index contributed by atoms with van der Waals surface area (Å²) in [6, 6.07) is 3.85. The highest BCUT2D eigenvalue weighted by molar-refractivity contribution is 7.15. The molecule has 23 heavy (non-hydrogen) atoms. The maximum atomic E-state index is 12.6. The van der Waals surface area contributed by atoms with Crippen LogP contribution in [-0.2, 0) is 6.18 Å². The lowest BCUT2D eigenvalue weighted by molar-refractivity contribution is -0.134. The zero-order valence-corrected chi connectivity index (χ0v) is 13.3. The summed E-state index contributed by atoms with van der Waals surface area (Å²) >= 11 is 0.639. The molecule has 0 saturated carbocycles. The number of rotatable bonds is 3. The minimum absolute atomic E-state index is 0.0408. The van der Waals surface area contributed by atoms with Crippen LogP contribution >= 0.6 is 11.3 Å². The summed E-state index contributed by atoms with van der Waals surface area (Å²) in [4.78, 5) is 5.23. The van der Waals surface area contributed by atoms with Crippen LogP contribution in [0.4, 0.5) is 24.1 Å². The molecule has 2 aromatic heterocycles. The van der Waals surface area contributed by atoms with Crippen molar-refractivity contribution in [1.82, 2.24) is 15.2 Å². The van der Waals surface area contributed by atoms with Crippen molar-refractivity contribution in [2.45, 2.75) is 32.0 Å². The Kier molecular flexibility index (Phi) is 4.38. The van der Waals surface area contributed by atoms with Gasteiger partial charge in [-0.15, -0.1) is 5.10 Å². The molecule has 2 aromatic rings. The Balaban J connectivity index is 1.64. The first-order chi connectivity index (χ1) is 10.9. The van der Waals surface area contributed by atoms with Gasteiger partial charge in [-0.05, 0) is 31.9 Å². The fourth-order valence-corrected chi connectivity index (χ4v) is 3.27. The van der Waals surface area contributed by atoms with Crippen molar-refractivity contribution in [2.75, 3.05) is 23.3 Å². The lowest BCUT2D eigenvalue weighted by Crippen LogP contribution is -2.42. The standard InChI is InChI=1S/C14H16F3N5S/c1-9-4-5-12(21-20-9)22-6-2-3-10(8-22)19-13-18-7-11(23-13)14(15,16)17/h4-5,7,10H,2-3,6,8H2,1H3,(H,18,19). The Hall–Kier alpha value is -1.90. The first-order valence-electron chi connectivity index (χ1n) is 7.26. The molecule has 1 saturated heterocycles. The summed E-state index contributed by atoms with van der Waals surface area (Å²) in [7, 11) is 0. The van der Waals surface area contributed by atoms with E-state index < -0.39 is 11.1 Å². The van der Waals surface area contributed by atoms with Crippen molar-refractivity contribution in [3.05, 3.63) is 28.9 Å². The predicted molar refractivity (Wildman–Crippen MR) is 82.7 cm³/mol. The van der Waals surface area contributed by atoms with Gasteiger partial charge in [-0.25, -0.2) is 4.98 Å². The van der Waals surface area contributed by atoms with Crippen molar-refractivity contribution in [2.24, 2.45) is 0 Å². The summed E-state index contributed by atoms with van der Waals surface area (Å²) in [5.74, 6) is 0.789. The Morgan fingerprint density at radius 2 is 2.13 bits per heavy atom. The molecule has 0 spiro atoms. The van der Waals surface area contributed by atoms with Gasteiger partial charge in [0.2, 0.25) is 0 Å². The molecule has 1 unspecified atom stereocenters. The fourth-order valence-electron chi connectivity index (χ4n) is 2.51. The van der Waals surface area contributed by atoms with E-state index in [2.05, 4.69) is 25.4 Å². The second-order valence-corrected chi connectivity index (χ2v) is 6.52. The van der Waals surface area contributed by atoms with Crippen LogP contribution in [-0.4, -0.2) is 34.3 Å². The van der Waals surface area contributed by atoms with Crippen LogP contribution in [0.25, 0.3) is 0 Å². The van der Waals surface area contributed by atoms with Crippen LogP contribution in [0.1, 0.15) is 23.4 Å². The normalized spacial score (nSPS) is 19.0. The van der Waals surface area contributed by atoms with Gasteiger partial charge in [0, 0.05) is 19.1 Å². The molecular formula is C14H16F3N5S. The quantitative estimate of drug-likeness (QED) is 0.926. The highest BCUT2D eigenvalue weighted by Gasteiger charge is 2.33. The van der Waals surface area contributed by atoms with Gasteiger partial charge in [0.1, 0.15) is 4.88 Å². The second-order valence-electron chi connectivity index (χ2n) is 5.49. The minimum Gasteiger partial charge on any atom is -0.357 e. The summed E-state index contributed by atoms with van der Waals surface area (Å²) in [6.45, 7) is 3.40. The van der Waals surface area contributed by atoms with E-state index in [4.69, 9.17) is 0 Å². The average molecular weight is 343 g/mol. The number of piperidine rings is 1. The summed E-state index contributed by atoms with van der Waals surface area (Å²) in [6.07, 6.45) is -1.64. The number of nitrogens with zero attached hydrogens (tertiary/aromatic N) is 4. The molecule has 0 bridgehead atoms.